The van der Waals surface area contributed by atoms with E-state index in [-0.39, 0.29) is 18.4 Å². The molecule has 0 bridgehead atoms. The van der Waals surface area contributed by atoms with Gasteiger partial charge in [-0.2, -0.15) is 0 Å². The highest BCUT2D eigenvalue weighted by Gasteiger charge is 2.41. The molecule has 5 nitrogen and oxygen atoms in total. The average molecular weight is 484 g/mol. The number of hydrogen-bond donors (Lipinski definition) is 2. The van der Waals surface area contributed by atoms with Gasteiger partial charge < -0.3 is 9.97 Å². The fourth-order valence-corrected chi connectivity index (χ4v) is 5.75. The molecule has 6 aromatic rings. The number of aromatic nitrogens is 2. The van der Waals surface area contributed by atoms with Crippen LogP contribution < -0.4 is 0 Å². The Bertz CT molecular complexity index is 1850. The number of H-pyrrole nitrogens is 2. The SMILES string of the molecule is O=C1c2c(c3[nH]c4c(Cl)cc(Cl)cc4c3c3c2[nH]c2ccccc23)C(=O)N1Cc1ccccc1. The number of nitrogens with zero attached hydrogens (tertiary/aromatic N) is 1. The minimum Gasteiger partial charge on any atom is -0.354 e. The summed E-state index contributed by atoms with van der Waals surface area (Å²) in [5, 5.41) is 4.43. The Balaban J connectivity index is 1.64. The van der Waals surface area contributed by atoms with Gasteiger partial charge in [-0.15, -0.1) is 0 Å². The van der Waals surface area contributed by atoms with Gasteiger partial charge in [0.15, 0.2) is 0 Å². The molecule has 7 heteroatoms. The van der Waals surface area contributed by atoms with E-state index in [0.29, 0.717) is 37.7 Å². The van der Waals surface area contributed by atoms with E-state index in [1.165, 1.54) is 4.90 Å². The Hall–Kier alpha value is -3.80. The quantitative estimate of drug-likeness (QED) is 0.259. The van der Waals surface area contributed by atoms with Crippen molar-refractivity contribution in [2.75, 3.05) is 0 Å². The summed E-state index contributed by atoms with van der Waals surface area (Å²) in [6, 6.07) is 20.9. The van der Waals surface area contributed by atoms with Gasteiger partial charge in [-0.1, -0.05) is 71.7 Å². The summed E-state index contributed by atoms with van der Waals surface area (Å²) in [5.41, 5.74) is 4.44. The third-order valence-corrected chi connectivity index (χ3v) is 7.15. The van der Waals surface area contributed by atoms with Gasteiger partial charge in [-0.25, -0.2) is 0 Å². The lowest BCUT2D eigenvalue weighted by molar-refractivity contribution is 0.0643. The molecular weight excluding hydrogens is 469 g/mol. The van der Waals surface area contributed by atoms with Crippen LogP contribution in [0.4, 0.5) is 0 Å². The Morgan fingerprint density at radius 2 is 1.35 bits per heavy atom. The maximum atomic E-state index is 13.7. The number of nitrogens with one attached hydrogen (secondary N) is 2. The number of para-hydroxylation sites is 1. The highest BCUT2D eigenvalue weighted by Crippen LogP contribution is 2.45. The number of amides is 2. The van der Waals surface area contributed by atoms with Crippen LogP contribution in [0.5, 0.6) is 0 Å². The fraction of sp³-hybridized carbons (Fsp3) is 0.0370. The number of rotatable bonds is 2. The van der Waals surface area contributed by atoms with Crippen LogP contribution in [0.2, 0.25) is 10.0 Å². The van der Waals surface area contributed by atoms with Crippen LogP contribution in [0.25, 0.3) is 43.6 Å². The van der Waals surface area contributed by atoms with Crippen molar-refractivity contribution in [3.63, 3.8) is 0 Å². The summed E-state index contributed by atoms with van der Waals surface area (Å²) in [6.07, 6.45) is 0. The molecule has 3 heterocycles. The Kier molecular flexibility index (Phi) is 3.96. The van der Waals surface area contributed by atoms with E-state index in [4.69, 9.17) is 23.2 Å². The lowest BCUT2D eigenvalue weighted by Crippen LogP contribution is -2.29. The van der Waals surface area contributed by atoms with Gasteiger partial charge in [0, 0.05) is 32.1 Å². The van der Waals surface area contributed by atoms with Crippen LogP contribution in [0.3, 0.4) is 0 Å². The first-order valence-electron chi connectivity index (χ1n) is 10.8. The largest absolute Gasteiger partial charge is 0.354 e. The minimum atomic E-state index is -0.330. The fourth-order valence-electron chi connectivity index (χ4n) is 5.21. The molecule has 0 aliphatic carbocycles. The third-order valence-electron chi connectivity index (χ3n) is 6.63. The number of carbonyl (C=O) groups excluding carboxylic acids is 2. The molecule has 34 heavy (non-hydrogen) atoms. The van der Waals surface area contributed by atoms with E-state index < -0.39 is 0 Å². The maximum absolute atomic E-state index is 13.7. The van der Waals surface area contributed by atoms with Crippen molar-refractivity contribution < 1.29 is 9.59 Å². The first kappa shape index (κ1) is 19.6. The Morgan fingerprint density at radius 3 is 2.12 bits per heavy atom. The lowest BCUT2D eigenvalue weighted by Gasteiger charge is -2.13. The zero-order valence-corrected chi connectivity index (χ0v) is 19.1. The predicted molar refractivity (Wildman–Crippen MR) is 136 cm³/mol. The van der Waals surface area contributed by atoms with Crippen molar-refractivity contribution in [1.29, 1.82) is 0 Å². The van der Waals surface area contributed by atoms with Crippen LogP contribution in [0.1, 0.15) is 26.3 Å². The van der Waals surface area contributed by atoms with Gasteiger partial charge in [0.2, 0.25) is 0 Å². The molecular formula is C27H15Cl2N3O2. The van der Waals surface area contributed by atoms with E-state index in [1.54, 1.807) is 6.07 Å². The monoisotopic (exact) mass is 483 g/mol. The number of halogens is 2. The molecule has 0 saturated heterocycles. The molecule has 1 aliphatic heterocycles. The van der Waals surface area contributed by atoms with Crippen molar-refractivity contribution >= 4 is 78.6 Å². The molecule has 2 amide bonds. The van der Waals surface area contributed by atoms with E-state index in [0.717, 1.165) is 32.6 Å². The first-order valence-corrected chi connectivity index (χ1v) is 11.6. The van der Waals surface area contributed by atoms with E-state index in [1.807, 2.05) is 60.7 Å². The lowest BCUT2D eigenvalue weighted by atomic mass is 9.98. The molecule has 2 aromatic heterocycles. The second-order valence-electron chi connectivity index (χ2n) is 8.54. The molecule has 0 unspecified atom stereocenters. The zero-order chi connectivity index (χ0) is 23.1. The predicted octanol–water partition coefficient (Wildman–Crippen LogP) is 7.06. The average Bonchev–Trinajstić information content (AvgIpc) is 3.46. The normalized spacial score (nSPS) is 13.8. The minimum absolute atomic E-state index is 0.198. The van der Waals surface area contributed by atoms with Gasteiger partial charge in [-0.05, 0) is 23.8 Å². The summed E-state index contributed by atoms with van der Waals surface area (Å²) >= 11 is 12.9. The smallest absolute Gasteiger partial charge is 0.264 e. The highest BCUT2D eigenvalue weighted by molar-refractivity contribution is 6.43. The van der Waals surface area contributed by atoms with E-state index in [9.17, 15) is 9.59 Å². The summed E-state index contributed by atoms with van der Waals surface area (Å²) in [4.78, 5) is 35.5. The van der Waals surface area contributed by atoms with Crippen molar-refractivity contribution in [2.45, 2.75) is 6.54 Å². The highest BCUT2D eigenvalue weighted by atomic mass is 35.5. The molecule has 164 valence electrons. The van der Waals surface area contributed by atoms with E-state index in [2.05, 4.69) is 9.97 Å². The molecule has 0 saturated carbocycles. The zero-order valence-electron chi connectivity index (χ0n) is 17.6. The van der Waals surface area contributed by atoms with Gasteiger partial charge in [0.05, 0.1) is 39.2 Å². The van der Waals surface area contributed by atoms with E-state index >= 15 is 0 Å². The summed E-state index contributed by atoms with van der Waals surface area (Å²) in [6.45, 7) is 0.198. The van der Waals surface area contributed by atoms with Crippen molar-refractivity contribution in [3.05, 3.63) is 93.5 Å². The molecule has 0 spiro atoms. The second-order valence-corrected chi connectivity index (χ2v) is 9.38. The maximum Gasteiger partial charge on any atom is 0.264 e. The standard InChI is InChI=1S/C27H15Cl2N3O2/c28-14-10-16-20-19-15-8-4-5-9-18(15)30-24(19)21-22(25(20)31-23(16)17(29)11-14)27(34)32(26(21)33)12-13-6-2-1-3-7-13/h1-11,30-31H,12H2. The first-order chi connectivity index (χ1) is 16.5. The van der Waals surface area contributed by atoms with Gasteiger partial charge >= 0.3 is 0 Å². The number of hydrogen-bond acceptors (Lipinski definition) is 2. The Labute approximate surface area is 202 Å². The molecule has 1 aliphatic rings. The number of imide groups is 1. The summed E-state index contributed by atoms with van der Waals surface area (Å²) in [7, 11) is 0. The molecule has 0 fully saturated rings. The molecule has 7 rings (SSSR count). The number of fused-ring (bicyclic) bond motifs is 10. The second kappa shape index (κ2) is 6.86. The van der Waals surface area contributed by atoms with Crippen molar-refractivity contribution in [3.8, 4) is 0 Å². The number of aromatic amines is 2. The number of benzene rings is 4. The number of carbonyl (C=O) groups is 2. The van der Waals surface area contributed by atoms with Crippen molar-refractivity contribution in [1.82, 2.24) is 14.9 Å². The van der Waals surface area contributed by atoms with Crippen LogP contribution in [-0.4, -0.2) is 26.7 Å². The molecule has 4 aromatic carbocycles. The Morgan fingerprint density at radius 1 is 0.706 bits per heavy atom. The topological polar surface area (TPSA) is 69.0 Å². The summed E-state index contributed by atoms with van der Waals surface area (Å²) in [5.74, 6) is -0.645. The van der Waals surface area contributed by atoms with Crippen LogP contribution in [0, 0.1) is 0 Å². The van der Waals surface area contributed by atoms with Crippen LogP contribution in [-0.2, 0) is 6.54 Å². The van der Waals surface area contributed by atoms with Crippen LogP contribution >= 0.6 is 23.2 Å². The summed E-state index contributed by atoms with van der Waals surface area (Å²) < 4.78 is 0. The van der Waals surface area contributed by atoms with Crippen LogP contribution in [0.15, 0.2) is 66.7 Å². The van der Waals surface area contributed by atoms with Gasteiger partial charge in [0.1, 0.15) is 0 Å². The molecule has 0 atom stereocenters. The third kappa shape index (κ3) is 2.51. The van der Waals surface area contributed by atoms with Crippen molar-refractivity contribution in [2.24, 2.45) is 0 Å². The van der Waals surface area contributed by atoms with Gasteiger partial charge in [-0.3, -0.25) is 14.5 Å². The molecule has 2 N–H and O–H groups in total. The molecule has 0 radical (unpaired) electrons. The van der Waals surface area contributed by atoms with Gasteiger partial charge in [0.25, 0.3) is 11.8 Å².